The number of nitrogens with zero attached hydrogens (tertiary/aromatic N) is 2. The zero-order chi connectivity index (χ0) is 24.2. The van der Waals surface area contributed by atoms with Gasteiger partial charge in [0, 0.05) is 21.7 Å². The maximum atomic E-state index is 13.1. The van der Waals surface area contributed by atoms with Gasteiger partial charge >= 0.3 is 0 Å². The molecule has 0 saturated heterocycles. The molecule has 1 N–H and O–H groups in total. The standard InChI is InChI=1S/C24H21Br2N3O3S/c1-16-3-9-22(10-4-16)33(31,32)29(2)24(30)14-23(18-7-5-17(15-27)6-8-18)28-21-12-19(25)11-20(26)13-21/h3-13,23,28H,14H2,1-2H3/t23-/m0/s1. The molecular formula is C24H21Br2N3O3S. The van der Waals surface area contributed by atoms with Crippen molar-refractivity contribution in [3.63, 3.8) is 0 Å². The topological polar surface area (TPSA) is 90.3 Å². The van der Waals surface area contributed by atoms with Gasteiger partial charge in [0.1, 0.15) is 0 Å². The van der Waals surface area contributed by atoms with Gasteiger partial charge in [-0.15, -0.1) is 0 Å². The number of hydrogen-bond acceptors (Lipinski definition) is 5. The van der Waals surface area contributed by atoms with Crippen molar-refractivity contribution >= 4 is 53.5 Å². The SMILES string of the molecule is Cc1ccc(S(=O)(=O)N(C)C(=O)C[C@H](Nc2cc(Br)cc(Br)c2)c2ccc(C#N)cc2)cc1. The molecule has 0 heterocycles. The lowest BCUT2D eigenvalue weighted by atomic mass is 10.0. The Morgan fingerprint density at radius 3 is 2.15 bits per heavy atom. The molecule has 9 heteroatoms. The molecule has 0 aliphatic carbocycles. The molecule has 0 saturated carbocycles. The molecular weight excluding hydrogens is 570 g/mol. The number of halogens is 2. The largest absolute Gasteiger partial charge is 0.378 e. The molecule has 0 radical (unpaired) electrons. The molecule has 0 aliphatic heterocycles. The van der Waals surface area contributed by atoms with Crippen molar-refractivity contribution in [1.29, 1.82) is 5.26 Å². The fraction of sp³-hybridized carbons (Fsp3) is 0.167. The van der Waals surface area contributed by atoms with E-state index in [1.807, 2.05) is 25.1 Å². The Bertz CT molecular complexity index is 1280. The van der Waals surface area contributed by atoms with Crippen LogP contribution in [0.15, 0.2) is 80.6 Å². The van der Waals surface area contributed by atoms with Gasteiger partial charge in [0.25, 0.3) is 10.0 Å². The molecule has 0 aliphatic rings. The second-order valence-corrected chi connectivity index (χ2v) is 11.3. The van der Waals surface area contributed by atoms with Crippen molar-refractivity contribution in [2.24, 2.45) is 0 Å². The molecule has 0 aromatic heterocycles. The normalized spacial score (nSPS) is 12.0. The van der Waals surface area contributed by atoms with E-state index in [0.717, 1.165) is 30.1 Å². The van der Waals surface area contributed by atoms with Crippen LogP contribution in [0.25, 0.3) is 0 Å². The molecule has 3 aromatic rings. The van der Waals surface area contributed by atoms with Gasteiger partial charge in [0.15, 0.2) is 0 Å². The Labute approximate surface area is 210 Å². The first-order valence-corrected chi connectivity index (χ1v) is 12.9. The first kappa shape index (κ1) is 25.0. The van der Waals surface area contributed by atoms with Crippen LogP contribution in [0.1, 0.15) is 29.2 Å². The van der Waals surface area contributed by atoms with E-state index in [2.05, 4.69) is 43.2 Å². The number of hydrogen-bond donors (Lipinski definition) is 1. The summed E-state index contributed by atoms with van der Waals surface area (Å²) in [5, 5.41) is 12.4. The van der Waals surface area contributed by atoms with E-state index in [1.54, 1.807) is 36.4 Å². The summed E-state index contributed by atoms with van der Waals surface area (Å²) in [6, 6.07) is 20.4. The van der Waals surface area contributed by atoms with E-state index in [9.17, 15) is 13.2 Å². The highest BCUT2D eigenvalue weighted by atomic mass is 79.9. The summed E-state index contributed by atoms with van der Waals surface area (Å²) in [5.74, 6) is -0.563. The van der Waals surface area contributed by atoms with Crippen LogP contribution in [0.3, 0.4) is 0 Å². The first-order chi connectivity index (χ1) is 15.6. The Balaban J connectivity index is 1.90. The third kappa shape index (κ3) is 6.22. The highest BCUT2D eigenvalue weighted by Crippen LogP contribution is 2.29. The van der Waals surface area contributed by atoms with Crippen LogP contribution in [0, 0.1) is 18.3 Å². The quantitative estimate of drug-likeness (QED) is 0.376. The summed E-state index contributed by atoms with van der Waals surface area (Å²) in [4.78, 5) is 13.2. The average molecular weight is 591 g/mol. The van der Waals surface area contributed by atoms with Crippen LogP contribution < -0.4 is 5.32 Å². The van der Waals surface area contributed by atoms with Gasteiger partial charge in [-0.2, -0.15) is 5.26 Å². The van der Waals surface area contributed by atoms with E-state index >= 15 is 0 Å². The number of nitrogens with one attached hydrogen (secondary N) is 1. The third-order valence-corrected chi connectivity index (χ3v) is 7.76. The summed E-state index contributed by atoms with van der Waals surface area (Å²) >= 11 is 6.90. The van der Waals surface area contributed by atoms with Gasteiger partial charge in [-0.1, -0.05) is 61.7 Å². The van der Waals surface area contributed by atoms with Gasteiger partial charge in [-0.25, -0.2) is 12.7 Å². The predicted octanol–water partition coefficient (Wildman–Crippen LogP) is 5.78. The summed E-state index contributed by atoms with van der Waals surface area (Å²) in [5.41, 5.74) is 2.91. The van der Waals surface area contributed by atoms with Crippen LogP contribution in [-0.4, -0.2) is 25.7 Å². The highest BCUT2D eigenvalue weighted by Gasteiger charge is 2.28. The van der Waals surface area contributed by atoms with Crippen molar-refractivity contribution in [3.05, 3.63) is 92.4 Å². The van der Waals surface area contributed by atoms with Crippen molar-refractivity contribution in [2.45, 2.75) is 24.3 Å². The first-order valence-electron chi connectivity index (χ1n) is 9.91. The second-order valence-electron chi connectivity index (χ2n) is 7.47. The summed E-state index contributed by atoms with van der Waals surface area (Å²) in [6.45, 7) is 1.86. The average Bonchev–Trinajstić information content (AvgIpc) is 2.77. The van der Waals surface area contributed by atoms with Crippen molar-refractivity contribution in [2.75, 3.05) is 12.4 Å². The molecule has 33 heavy (non-hydrogen) atoms. The van der Waals surface area contributed by atoms with E-state index in [-0.39, 0.29) is 11.3 Å². The monoisotopic (exact) mass is 589 g/mol. The smallest absolute Gasteiger partial charge is 0.266 e. The fourth-order valence-electron chi connectivity index (χ4n) is 3.19. The van der Waals surface area contributed by atoms with Crippen LogP contribution in [0.5, 0.6) is 0 Å². The molecule has 3 aromatic carbocycles. The molecule has 1 atom stereocenters. The number of carbonyl (C=O) groups excluding carboxylic acids is 1. The van der Waals surface area contributed by atoms with Crippen LogP contribution >= 0.6 is 31.9 Å². The Kier molecular flexibility index (Phi) is 7.95. The van der Waals surface area contributed by atoms with Crippen LogP contribution in [0.4, 0.5) is 5.69 Å². The minimum absolute atomic E-state index is 0.0581. The molecule has 170 valence electrons. The van der Waals surface area contributed by atoms with Gasteiger partial charge in [-0.05, 0) is 55.0 Å². The van der Waals surface area contributed by atoms with Crippen molar-refractivity contribution in [3.8, 4) is 6.07 Å². The van der Waals surface area contributed by atoms with Gasteiger partial charge in [0.05, 0.1) is 29.0 Å². The third-order valence-electron chi connectivity index (χ3n) is 5.05. The summed E-state index contributed by atoms with van der Waals surface area (Å²) in [7, 11) is -2.71. The number of nitriles is 1. The number of anilines is 1. The maximum Gasteiger partial charge on any atom is 0.266 e. The minimum Gasteiger partial charge on any atom is -0.378 e. The van der Waals surface area contributed by atoms with E-state index in [0.29, 0.717) is 5.56 Å². The minimum atomic E-state index is -3.98. The van der Waals surface area contributed by atoms with E-state index in [1.165, 1.54) is 19.2 Å². The van der Waals surface area contributed by atoms with E-state index in [4.69, 9.17) is 5.26 Å². The highest BCUT2D eigenvalue weighted by molar-refractivity contribution is 9.11. The lowest BCUT2D eigenvalue weighted by molar-refractivity contribution is -0.125. The Morgan fingerprint density at radius 1 is 1.03 bits per heavy atom. The van der Waals surface area contributed by atoms with Gasteiger partial charge in [0.2, 0.25) is 5.91 Å². The van der Waals surface area contributed by atoms with Crippen LogP contribution in [0.2, 0.25) is 0 Å². The van der Waals surface area contributed by atoms with Crippen molar-refractivity contribution in [1.82, 2.24) is 4.31 Å². The molecule has 0 fully saturated rings. The van der Waals surface area contributed by atoms with Gasteiger partial charge in [-0.3, -0.25) is 4.79 Å². The Morgan fingerprint density at radius 2 is 1.61 bits per heavy atom. The van der Waals surface area contributed by atoms with Crippen LogP contribution in [-0.2, 0) is 14.8 Å². The molecule has 0 bridgehead atoms. The maximum absolute atomic E-state index is 13.1. The number of benzene rings is 3. The molecule has 6 nitrogen and oxygen atoms in total. The molecule has 3 rings (SSSR count). The number of sulfonamides is 1. The zero-order valence-electron chi connectivity index (χ0n) is 17.9. The lowest BCUT2D eigenvalue weighted by Crippen LogP contribution is -2.35. The van der Waals surface area contributed by atoms with E-state index < -0.39 is 22.0 Å². The molecule has 0 spiro atoms. The number of carbonyl (C=O) groups is 1. The summed E-state index contributed by atoms with van der Waals surface area (Å²) < 4.78 is 28.4. The Hall–Kier alpha value is -2.67. The number of rotatable bonds is 7. The number of aryl methyl sites for hydroxylation is 1. The lowest BCUT2D eigenvalue weighted by Gasteiger charge is -2.24. The molecule has 1 amide bonds. The predicted molar refractivity (Wildman–Crippen MR) is 135 cm³/mol. The summed E-state index contributed by atoms with van der Waals surface area (Å²) in [6.07, 6.45) is -0.113. The van der Waals surface area contributed by atoms with Gasteiger partial charge < -0.3 is 5.32 Å². The fourth-order valence-corrected chi connectivity index (χ4v) is 5.62. The molecule has 0 unspecified atom stereocenters. The zero-order valence-corrected chi connectivity index (χ0v) is 21.9. The second kappa shape index (κ2) is 10.5. The van der Waals surface area contributed by atoms with Crippen molar-refractivity contribution < 1.29 is 13.2 Å². The number of amides is 1.